The van der Waals surface area contributed by atoms with Crippen LogP contribution < -0.4 is 0 Å². The van der Waals surface area contributed by atoms with Crippen molar-refractivity contribution in [2.24, 2.45) is 5.92 Å². The molecule has 1 aromatic rings. The second-order valence-corrected chi connectivity index (χ2v) is 4.40. The smallest absolute Gasteiger partial charge is 0.0408 e. The molecule has 1 aliphatic rings. The Labute approximate surface area is 88.9 Å². The second-order valence-electron chi connectivity index (χ2n) is 3.65. The number of hydrogen-bond donors (Lipinski definition) is 0. The van der Waals surface area contributed by atoms with E-state index in [0.717, 1.165) is 10.9 Å². The predicted octanol–water partition coefficient (Wildman–Crippen LogP) is 4.07. The van der Waals surface area contributed by atoms with E-state index >= 15 is 0 Å². The van der Waals surface area contributed by atoms with Crippen LogP contribution >= 0.6 is 23.2 Å². The van der Waals surface area contributed by atoms with Crippen molar-refractivity contribution < 1.29 is 0 Å². The van der Waals surface area contributed by atoms with Crippen molar-refractivity contribution in [3.8, 4) is 0 Å². The number of rotatable bonds is 3. The Balaban J connectivity index is 2.21. The molecule has 0 N–H and O–H groups in total. The van der Waals surface area contributed by atoms with Gasteiger partial charge in [-0.25, -0.2) is 0 Å². The van der Waals surface area contributed by atoms with Gasteiger partial charge in [-0.1, -0.05) is 23.7 Å². The summed E-state index contributed by atoms with van der Waals surface area (Å²) in [6, 6.07) is 8.06. The summed E-state index contributed by atoms with van der Waals surface area (Å²) in [5.41, 5.74) is 1.30. The fourth-order valence-electron chi connectivity index (χ4n) is 1.72. The van der Waals surface area contributed by atoms with E-state index in [-0.39, 0.29) is 0 Å². The van der Waals surface area contributed by atoms with Gasteiger partial charge >= 0.3 is 0 Å². The molecule has 0 saturated heterocycles. The molecule has 2 rings (SSSR count). The van der Waals surface area contributed by atoms with E-state index in [9.17, 15) is 0 Å². The molecule has 2 heteroatoms. The Bertz CT molecular complexity index is 292. The second kappa shape index (κ2) is 3.89. The van der Waals surface area contributed by atoms with Crippen molar-refractivity contribution in [3.05, 3.63) is 34.9 Å². The molecule has 0 aromatic heterocycles. The molecule has 0 bridgehead atoms. The minimum Gasteiger partial charge on any atom is -0.126 e. The van der Waals surface area contributed by atoms with Crippen LogP contribution in [0.15, 0.2) is 24.3 Å². The first kappa shape index (κ1) is 9.36. The summed E-state index contributed by atoms with van der Waals surface area (Å²) < 4.78 is 0. The minimum absolute atomic E-state index is 0.514. The van der Waals surface area contributed by atoms with Crippen molar-refractivity contribution in [2.75, 3.05) is 5.88 Å². The maximum Gasteiger partial charge on any atom is 0.0408 e. The van der Waals surface area contributed by atoms with Gasteiger partial charge in [0.25, 0.3) is 0 Å². The van der Waals surface area contributed by atoms with E-state index in [1.807, 2.05) is 18.2 Å². The van der Waals surface area contributed by atoms with Crippen molar-refractivity contribution in [1.82, 2.24) is 0 Å². The van der Waals surface area contributed by atoms with E-state index in [4.69, 9.17) is 23.2 Å². The molecule has 1 atom stereocenters. The molecular weight excluding hydrogens is 203 g/mol. The average Bonchev–Trinajstić information content (AvgIpc) is 2.90. The van der Waals surface area contributed by atoms with Crippen LogP contribution in [0.1, 0.15) is 24.3 Å². The fourth-order valence-corrected chi connectivity index (χ4v) is 2.35. The highest BCUT2D eigenvalue weighted by atomic mass is 35.5. The van der Waals surface area contributed by atoms with Crippen molar-refractivity contribution in [2.45, 2.75) is 18.8 Å². The highest BCUT2D eigenvalue weighted by Gasteiger charge is 2.31. The third-order valence-electron chi connectivity index (χ3n) is 2.63. The van der Waals surface area contributed by atoms with E-state index < -0.39 is 0 Å². The van der Waals surface area contributed by atoms with Crippen molar-refractivity contribution >= 4 is 23.2 Å². The van der Waals surface area contributed by atoms with Gasteiger partial charge in [0.05, 0.1) is 0 Å². The molecule has 0 amide bonds. The first-order valence-electron chi connectivity index (χ1n) is 4.62. The average molecular weight is 215 g/mol. The number of halogens is 2. The van der Waals surface area contributed by atoms with E-state index in [1.54, 1.807) is 0 Å². The van der Waals surface area contributed by atoms with E-state index in [2.05, 4.69) is 6.07 Å². The summed E-state index contributed by atoms with van der Waals surface area (Å²) >= 11 is 11.9. The highest BCUT2D eigenvalue weighted by Crippen LogP contribution is 2.43. The van der Waals surface area contributed by atoms with Gasteiger partial charge in [-0.05, 0) is 36.5 Å². The molecule has 0 spiro atoms. The highest BCUT2D eigenvalue weighted by molar-refractivity contribution is 6.30. The summed E-state index contributed by atoms with van der Waals surface area (Å²) in [5, 5.41) is 0.813. The monoisotopic (exact) mass is 214 g/mol. The molecule has 0 radical (unpaired) electrons. The maximum absolute atomic E-state index is 5.95. The summed E-state index contributed by atoms with van der Waals surface area (Å²) in [5.74, 6) is 2.03. The lowest BCUT2D eigenvalue weighted by molar-refractivity contribution is 0.670. The van der Waals surface area contributed by atoms with Crippen LogP contribution in [0.25, 0.3) is 0 Å². The molecule has 0 nitrogen and oxygen atoms in total. The third kappa shape index (κ3) is 2.18. The van der Waals surface area contributed by atoms with E-state index in [1.165, 1.54) is 18.4 Å². The van der Waals surface area contributed by atoms with Crippen molar-refractivity contribution in [1.29, 1.82) is 0 Å². The van der Waals surface area contributed by atoms with Gasteiger partial charge < -0.3 is 0 Å². The van der Waals surface area contributed by atoms with Gasteiger partial charge in [0.2, 0.25) is 0 Å². The zero-order chi connectivity index (χ0) is 9.26. The molecule has 1 aliphatic carbocycles. The summed E-state index contributed by atoms with van der Waals surface area (Å²) in [7, 11) is 0. The maximum atomic E-state index is 5.95. The Morgan fingerprint density at radius 2 is 2.15 bits per heavy atom. The molecule has 0 heterocycles. The standard InChI is InChI=1S/C11H12Cl2/c12-7-11(8-4-5-8)9-2-1-3-10(13)6-9/h1-3,6,8,11H,4-5,7H2. The number of benzene rings is 1. The molecule has 1 fully saturated rings. The Morgan fingerprint density at radius 3 is 2.69 bits per heavy atom. The Kier molecular flexibility index (Phi) is 2.80. The van der Waals surface area contributed by atoms with Gasteiger partial charge in [-0.3, -0.25) is 0 Å². The summed E-state index contributed by atoms with van der Waals surface area (Å²) in [6.45, 7) is 0. The van der Waals surface area contributed by atoms with Gasteiger partial charge in [0.1, 0.15) is 0 Å². The first-order valence-corrected chi connectivity index (χ1v) is 5.54. The first-order chi connectivity index (χ1) is 6.31. The Morgan fingerprint density at radius 1 is 1.38 bits per heavy atom. The Hall–Kier alpha value is -0.200. The van der Waals surface area contributed by atoms with Crippen LogP contribution in [0.4, 0.5) is 0 Å². The van der Waals surface area contributed by atoms with Gasteiger partial charge in [0.15, 0.2) is 0 Å². The lowest BCUT2D eigenvalue weighted by atomic mass is 9.96. The molecule has 1 aromatic carbocycles. The lowest BCUT2D eigenvalue weighted by Gasteiger charge is -2.12. The summed E-state index contributed by atoms with van der Waals surface area (Å²) in [4.78, 5) is 0. The van der Waals surface area contributed by atoms with Crippen LogP contribution in [-0.2, 0) is 0 Å². The van der Waals surface area contributed by atoms with Crippen LogP contribution in [0.2, 0.25) is 5.02 Å². The lowest BCUT2D eigenvalue weighted by Crippen LogP contribution is -2.02. The van der Waals surface area contributed by atoms with Crippen LogP contribution in [0, 0.1) is 5.92 Å². The molecule has 0 aliphatic heterocycles. The number of alkyl halides is 1. The molecule has 1 unspecified atom stereocenters. The zero-order valence-electron chi connectivity index (χ0n) is 7.34. The molecule has 70 valence electrons. The van der Waals surface area contributed by atoms with E-state index in [0.29, 0.717) is 11.8 Å². The zero-order valence-corrected chi connectivity index (χ0v) is 8.85. The van der Waals surface area contributed by atoms with Gasteiger partial charge in [0, 0.05) is 16.8 Å². The van der Waals surface area contributed by atoms with Crippen LogP contribution in [-0.4, -0.2) is 5.88 Å². The largest absolute Gasteiger partial charge is 0.126 e. The normalized spacial score (nSPS) is 18.6. The van der Waals surface area contributed by atoms with Crippen molar-refractivity contribution in [3.63, 3.8) is 0 Å². The minimum atomic E-state index is 0.514. The number of hydrogen-bond acceptors (Lipinski definition) is 0. The third-order valence-corrected chi connectivity index (χ3v) is 3.20. The van der Waals surface area contributed by atoms with Crippen LogP contribution in [0.3, 0.4) is 0 Å². The topological polar surface area (TPSA) is 0 Å². The SMILES string of the molecule is ClCC(c1cccc(Cl)c1)C1CC1. The van der Waals surface area contributed by atoms with Gasteiger partial charge in [-0.15, -0.1) is 11.6 Å². The van der Waals surface area contributed by atoms with Gasteiger partial charge in [-0.2, -0.15) is 0 Å². The molecule has 13 heavy (non-hydrogen) atoms. The molecular formula is C11H12Cl2. The quantitative estimate of drug-likeness (QED) is 0.666. The van der Waals surface area contributed by atoms with Crippen LogP contribution in [0.5, 0.6) is 0 Å². The summed E-state index contributed by atoms with van der Waals surface area (Å²) in [6.07, 6.45) is 2.65. The fraction of sp³-hybridized carbons (Fsp3) is 0.455. The molecule has 1 saturated carbocycles. The predicted molar refractivity (Wildman–Crippen MR) is 57.6 cm³/mol.